The van der Waals surface area contributed by atoms with Crippen molar-refractivity contribution in [3.63, 3.8) is 0 Å². The molecule has 28 heavy (non-hydrogen) atoms. The molecule has 6 heteroatoms. The number of hydrogen-bond donors (Lipinski definition) is 2. The second-order valence-corrected chi connectivity index (χ2v) is 7.74. The van der Waals surface area contributed by atoms with Crippen LogP contribution in [0.2, 0.25) is 0 Å². The molecule has 3 rings (SSSR count). The van der Waals surface area contributed by atoms with E-state index in [1.165, 1.54) is 0 Å². The molecule has 1 aliphatic heterocycles. The van der Waals surface area contributed by atoms with Crippen LogP contribution in [0.15, 0.2) is 18.2 Å². The van der Waals surface area contributed by atoms with Gasteiger partial charge in [0.05, 0.1) is 5.69 Å². The molecule has 0 radical (unpaired) electrons. The van der Waals surface area contributed by atoms with Crippen molar-refractivity contribution in [3.05, 3.63) is 46.5 Å². The number of nitrogens with one attached hydrogen (secondary N) is 2. The SMILES string of the molecule is CCCNC(=O)c1nc(C(=O)Nc2c(C)cccc2C(C)C)c2n1CCCC2. The normalized spacial score (nSPS) is 13.3. The van der Waals surface area contributed by atoms with Gasteiger partial charge in [-0.2, -0.15) is 0 Å². The molecule has 0 bridgehead atoms. The Balaban J connectivity index is 1.95. The molecule has 2 aromatic rings. The van der Waals surface area contributed by atoms with Crippen LogP contribution in [0.5, 0.6) is 0 Å². The summed E-state index contributed by atoms with van der Waals surface area (Å²) >= 11 is 0. The maximum atomic E-state index is 13.1. The van der Waals surface area contributed by atoms with Crippen molar-refractivity contribution in [1.82, 2.24) is 14.9 Å². The molecular formula is C22H30N4O2. The van der Waals surface area contributed by atoms with Crippen molar-refractivity contribution in [3.8, 4) is 0 Å². The molecule has 6 nitrogen and oxygen atoms in total. The third kappa shape index (κ3) is 3.96. The number of hydrogen-bond acceptors (Lipinski definition) is 3. The highest BCUT2D eigenvalue weighted by Gasteiger charge is 2.28. The van der Waals surface area contributed by atoms with Crippen LogP contribution in [0.3, 0.4) is 0 Å². The number of para-hydroxylation sites is 1. The predicted octanol–water partition coefficient (Wildman–Crippen LogP) is 4.04. The Hall–Kier alpha value is -2.63. The molecule has 0 aliphatic carbocycles. The van der Waals surface area contributed by atoms with Crippen LogP contribution in [0.4, 0.5) is 5.69 Å². The average molecular weight is 383 g/mol. The molecule has 0 saturated carbocycles. The number of benzene rings is 1. The number of imidazole rings is 1. The highest BCUT2D eigenvalue weighted by atomic mass is 16.2. The molecule has 1 aliphatic rings. The van der Waals surface area contributed by atoms with E-state index < -0.39 is 0 Å². The number of aryl methyl sites for hydroxylation is 1. The largest absolute Gasteiger partial charge is 0.349 e. The van der Waals surface area contributed by atoms with E-state index in [1.807, 2.05) is 36.6 Å². The first kappa shape index (κ1) is 20.1. The second-order valence-electron chi connectivity index (χ2n) is 7.74. The van der Waals surface area contributed by atoms with Gasteiger partial charge in [-0.05, 0) is 49.7 Å². The standard InChI is InChI=1S/C22H30N4O2/c1-5-12-23-22(28)20-24-19(17-11-6-7-13-26(17)20)21(27)25-18-15(4)9-8-10-16(18)14(2)3/h8-10,14H,5-7,11-13H2,1-4H3,(H,23,28)(H,25,27). The third-order valence-electron chi connectivity index (χ3n) is 5.24. The molecule has 0 saturated heterocycles. The number of anilines is 1. The molecule has 0 spiro atoms. The molecular weight excluding hydrogens is 352 g/mol. The fraction of sp³-hybridized carbons (Fsp3) is 0.500. The lowest BCUT2D eigenvalue weighted by Gasteiger charge is -2.18. The van der Waals surface area contributed by atoms with Crippen LogP contribution in [0.25, 0.3) is 0 Å². The van der Waals surface area contributed by atoms with Gasteiger partial charge >= 0.3 is 0 Å². The van der Waals surface area contributed by atoms with Gasteiger partial charge in [0, 0.05) is 18.8 Å². The summed E-state index contributed by atoms with van der Waals surface area (Å²) < 4.78 is 1.92. The van der Waals surface area contributed by atoms with Crippen LogP contribution >= 0.6 is 0 Å². The van der Waals surface area contributed by atoms with Crippen molar-refractivity contribution in [1.29, 1.82) is 0 Å². The van der Waals surface area contributed by atoms with Gasteiger partial charge in [-0.3, -0.25) is 9.59 Å². The van der Waals surface area contributed by atoms with E-state index in [0.717, 1.165) is 54.7 Å². The second kappa shape index (κ2) is 8.59. The molecule has 0 atom stereocenters. The number of nitrogens with zero attached hydrogens (tertiary/aromatic N) is 2. The topological polar surface area (TPSA) is 76.0 Å². The minimum absolute atomic E-state index is 0.206. The Morgan fingerprint density at radius 3 is 2.71 bits per heavy atom. The Morgan fingerprint density at radius 1 is 1.21 bits per heavy atom. The van der Waals surface area contributed by atoms with E-state index in [1.54, 1.807) is 0 Å². The van der Waals surface area contributed by atoms with Gasteiger partial charge in [0.1, 0.15) is 0 Å². The maximum absolute atomic E-state index is 13.1. The molecule has 2 N–H and O–H groups in total. The van der Waals surface area contributed by atoms with Gasteiger partial charge < -0.3 is 15.2 Å². The maximum Gasteiger partial charge on any atom is 0.287 e. The van der Waals surface area contributed by atoms with E-state index in [9.17, 15) is 9.59 Å². The zero-order chi connectivity index (χ0) is 20.3. The van der Waals surface area contributed by atoms with Crippen LogP contribution < -0.4 is 10.6 Å². The smallest absolute Gasteiger partial charge is 0.287 e. The first-order valence-corrected chi connectivity index (χ1v) is 10.2. The van der Waals surface area contributed by atoms with Crippen LogP contribution in [-0.4, -0.2) is 27.9 Å². The zero-order valence-electron chi connectivity index (χ0n) is 17.3. The first-order chi connectivity index (χ1) is 13.4. The lowest BCUT2D eigenvalue weighted by molar-refractivity contribution is 0.0937. The third-order valence-corrected chi connectivity index (χ3v) is 5.24. The number of aromatic nitrogens is 2. The van der Waals surface area contributed by atoms with E-state index in [-0.39, 0.29) is 11.8 Å². The van der Waals surface area contributed by atoms with Gasteiger partial charge in [0.2, 0.25) is 0 Å². The molecule has 1 aromatic heterocycles. The summed E-state index contributed by atoms with van der Waals surface area (Å²) in [6.45, 7) is 9.55. The van der Waals surface area contributed by atoms with Gasteiger partial charge in [-0.25, -0.2) is 4.98 Å². The summed E-state index contributed by atoms with van der Waals surface area (Å²) in [5.41, 5.74) is 4.21. The lowest BCUT2D eigenvalue weighted by atomic mass is 9.98. The Kier molecular flexibility index (Phi) is 6.17. The first-order valence-electron chi connectivity index (χ1n) is 10.2. The Morgan fingerprint density at radius 2 is 2.00 bits per heavy atom. The summed E-state index contributed by atoms with van der Waals surface area (Å²) in [6.07, 6.45) is 3.62. The van der Waals surface area contributed by atoms with Crippen LogP contribution in [0.1, 0.15) is 83.9 Å². The molecule has 2 heterocycles. The Bertz CT molecular complexity index is 883. The van der Waals surface area contributed by atoms with Crippen molar-refractivity contribution in [2.45, 2.75) is 65.8 Å². The minimum atomic E-state index is -0.239. The van der Waals surface area contributed by atoms with Gasteiger partial charge in [0.15, 0.2) is 11.5 Å². The number of fused-ring (bicyclic) bond motifs is 1. The lowest BCUT2D eigenvalue weighted by Crippen LogP contribution is -2.28. The summed E-state index contributed by atoms with van der Waals surface area (Å²) in [5, 5.41) is 5.96. The van der Waals surface area contributed by atoms with Crippen molar-refractivity contribution in [2.24, 2.45) is 0 Å². The van der Waals surface area contributed by atoms with E-state index in [2.05, 4.69) is 29.5 Å². The molecule has 2 amide bonds. The average Bonchev–Trinajstić information content (AvgIpc) is 3.07. The summed E-state index contributed by atoms with van der Waals surface area (Å²) in [7, 11) is 0. The van der Waals surface area contributed by atoms with Crippen molar-refractivity contribution in [2.75, 3.05) is 11.9 Å². The Labute approximate surface area is 166 Å². The fourth-order valence-corrected chi connectivity index (χ4v) is 3.73. The van der Waals surface area contributed by atoms with Gasteiger partial charge in [-0.1, -0.05) is 39.0 Å². The summed E-state index contributed by atoms with van der Waals surface area (Å²) in [4.78, 5) is 30.2. The van der Waals surface area contributed by atoms with Gasteiger partial charge in [0.25, 0.3) is 11.8 Å². The number of carbonyl (C=O) groups is 2. The van der Waals surface area contributed by atoms with Crippen LogP contribution in [-0.2, 0) is 13.0 Å². The molecule has 1 aromatic carbocycles. The van der Waals surface area contributed by atoms with E-state index in [0.29, 0.717) is 24.0 Å². The predicted molar refractivity (Wildman–Crippen MR) is 111 cm³/mol. The zero-order valence-corrected chi connectivity index (χ0v) is 17.3. The van der Waals surface area contributed by atoms with E-state index in [4.69, 9.17) is 0 Å². The minimum Gasteiger partial charge on any atom is -0.349 e. The van der Waals surface area contributed by atoms with E-state index >= 15 is 0 Å². The number of amides is 2. The summed E-state index contributed by atoms with van der Waals surface area (Å²) in [6, 6.07) is 6.04. The quantitative estimate of drug-likeness (QED) is 0.791. The molecule has 0 fully saturated rings. The number of carbonyl (C=O) groups excluding carboxylic acids is 2. The summed E-state index contributed by atoms with van der Waals surface area (Å²) in [5.74, 6) is 0.197. The van der Waals surface area contributed by atoms with Crippen molar-refractivity contribution >= 4 is 17.5 Å². The number of rotatable bonds is 6. The van der Waals surface area contributed by atoms with Gasteiger partial charge in [-0.15, -0.1) is 0 Å². The monoisotopic (exact) mass is 382 g/mol. The highest BCUT2D eigenvalue weighted by molar-refractivity contribution is 6.05. The molecule has 150 valence electrons. The van der Waals surface area contributed by atoms with Crippen LogP contribution in [0, 0.1) is 6.92 Å². The van der Waals surface area contributed by atoms with Crippen molar-refractivity contribution < 1.29 is 9.59 Å². The molecule has 0 unspecified atom stereocenters. The fourth-order valence-electron chi connectivity index (χ4n) is 3.73. The highest BCUT2D eigenvalue weighted by Crippen LogP contribution is 2.29.